The van der Waals surface area contributed by atoms with Crippen molar-refractivity contribution in [2.24, 2.45) is 0 Å². The number of hydrogen-bond acceptors (Lipinski definition) is 5. The van der Waals surface area contributed by atoms with Crippen LogP contribution in [0.5, 0.6) is 0 Å². The predicted octanol–water partition coefficient (Wildman–Crippen LogP) is 1.54. The fourth-order valence-electron chi connectivity index (χ4n) is 3.81. The average molecular weight is 351 g/mol. The Balaban J connectivity index is 1.90. The van der Waals surface area contributed by atoms with Crippen molar-refractivity contribution in [3.63, 3.8) is 0 Å². The molecule has 1 aromatic rings. The van der Waals surface area contributed by atoms with Gasteiger partial charge in [-0.15, -0.1) is 0 Å². The molecule has 25 heavy (non-hydrogen) atoms. The van der Waals surface area contributed by atoms with Crippen LogP contribution in [0.15, 0.2) is 0 Å². The first-order valence-corrected chi connectivity index (χ1v) is 9.06. The van der Waals surface area contributed by atoms with Gasteiger partial charge in [-0.3, -0.25) is 9.48 Å². The molecule has 1 aliphatic carbocycles. The third-order valence-electron chi connectivity index (χ3n) is 5.27. The molecule has 0 bridgehead atoms. The number of amides is 1. The van der Waals surface area contributed by atoms with Crippen LogP contribution in [-0.2, 0) is 22.4 Å². The lowest BCUT2D eigenvalue weighted by Crippen LogP contribution is -2.48. The number of fused-ring (bicyclic) bond motifs is 1. The molecular formula is C18H29N3O4. The van der Waals surface area contributed by atoms with Gasteiger partial charge in [-0.1, -0.05) is 0 Å². The molecule has 0 saturated heterocycles. The molecule has 1 amide bonds. The van der Waals surface area contributed by atoms with E-state index in [1.165, 1.54) is 0 Å². The predicted molar refractivity (Wildman–Crippen MR) is 92.5 cm³/mol. The van der Waals surface area contributed by atoms with Crippen molar-refractivity contribution in [1.29, 1.82) is 0 Å². The van der Waals surface area contributed by atoms with Crippen molar-refractivity contribution in [2.45, 2.75) is 63.9 Å². The van der Waals surface area contributed by atoms with E-state index in [0.717, 1.165) is 30.5 Å². The Kier molecular flexibility index (Phi) is 5.18. The highest BCUT2D eigenvalue weighted by atomic mass is 16.5. The van der Waals surface area contributed by atoms with E-state index in [-0.39, 0.29) is 18.1 Å². The summed E-state index contributed by atoms with van der Waals surface area (Å²) in [4.78, 5) is 14.8. The van der Waals surface area contributed by atoms with E-state index in [0.29, 0.717) is 31.8 Å². The quantitative estimate of drug-likeness (QED) is 0.841. The maximum absolute atomic E-state index is 13.2. The monoisotopic (exact) mass is 351 g/mol. The van der Waals surface area contributed by atoms with E-state index in [2.05, 4.69) is 5.10 Å². The third-order valence-corrected chi connectivity index (χ3v) is 5.27. The number of rotatable bonds is 6. The number of nitrogens with zero attached hydrogens (tertiary/aromatic N) is 3. The lowest BCUT2D eigenvalue weighted by atomic mass is 9.80. The Bertz CT molecular complexity index is 639. The van der Waals surface area contributed by atoms with Gasteiger partial charge in [-0.25, -0.2) is 0 Å². The molecule has 1 N–H and O–H groups in total. The van der Waals surface area contributed by atoms with Gasteiger partial charge >= 0.3 is 0 Å². The summed E-state index contributed by atoms with van der Waals surface area (Å²) >= 11 is 0. The molecular weight excluding hydrogens is 322 g/mol. The van der Waals surface area contributed by atoms with Crippen molar-refractivity contribution >= 4 is 5.91 Å². The van der Waals surface area contributed by atoms with E-state index in [9.17, 15) is 9.90 Å². The molecule has 0 unspecified atom stereocenters. The van der Waals surface area contributed by atoms with Gasteiger partial charge in [-0.05, 0) is 33.1 Å². The van der Waals surface area contributed by atoms with Crippen LogP contribution in [0.25, 0.3) is 0 Å². The van der Waals surface area contributed by atoms with Crippen molar-refractivity contribution in [3.8, 4) is 0 Å². The topological polar surface area (TPSA) is 76.8 Å². The van der Waals surface area contributed by atoms with Crippen molar-refractivity contribution in [1.82, 2.24) is 14.7 Å². The zero-order valence-corrected chi connectivity index (χ0v) is 15.6. The summed E-state index contributed by atoms with van der Waals surface area (Å²) in [5.41, 5.74) is 1.69. The number of carbonyl (C=O) groups excluding carboxylic acids is 1. The Morgan fingerprint density at radius 2 is 2.20 bits per heavy atom. The van der Waals surface area contributed by atoms with Gasteiger partial charge in [0.15, 0.2) is 0 Å². The van der Waals surface area contributed by atoms with Crippen LogP contribution < -0.4 is 0 Å². The smallest absolute Gasteiger partial charge is 0.272 e. The first-order valence-electron chi connectivity index (χ1n) is 9.06. The second kappa shape index (κ2) is 7.05. The zero-order valence-electron chi connectivity index (χ0n) is 15.6. The molecule has 3 rings (SSSR count). The van der Waals surface area contributed by atoms with Crippen LogP contribution in [0, 0.1) is 0 Å². The first kappa shape index (κ1) is 18.4. The van der Waals surface area contributed by atoms with Crippen molar-refractivity contribution in [3.05, 3.63) is 17.0 Å². The van der Waals surface area contributed by atoms with Gasteiger partial charge in [0.1, 0.15) is 5.69 Å². The number of likely N-dealkylation sites (N-methyl/N-ethyl adjacent to an activating group) is 1. The van der Waals surface area contributed by atoms with E-state index in [1.54, 1.807) is 23.7 Å². The number of methoxy groups -OCH3 is 1. The minimum atomic E-state index is -0.731. The second-order valence-corrected chi connectivity index (χ2v) is 7.46. The van der Waals surface area contributed by atoms with Crippen LogP contribution in [0.4, 0.5) is 0 Å². The molecule has 0 radical (unpaired) electrons. The molecule has 0 aromatic carbocycles. The maximum atomic E-state index is 13.2. The lowest BCUT2D eigenvalue weighted by Gasteiger charge is -2.39. The van der Waals surface area contributed by atoms with Crippen molar-refractivity contribution < 1.29 is 19.4 Å². The van der Waals surface area contributed by atoms with Crippen LogP contribution in [0.1, 0.15) is 61.0 Å². The molecule has 140 valence electrons. The SMILES string of the molecule is COCCn1nc2c(c1C(=O)N(C)CC1(O)CCC1)C[C@H](C)O[C@@H]2C. The van der Waals surface area contributed by atoms with E-state index in [4.69, 9.17) is 9.47 Å². The van der Waals surface area contributed by atoms with Gasteiger partial charge in [0.2, 0.25) is 0 Å². The number of carbonyl (C=O) groups is 1. The first-order chi connectivity index (χ1) is 11.8. The third kappa shape index (κ3) is 3.59. The number of ether oxygens (including phenoxy) is 2. The number of aliphatic hydroxyl groups is 1. The Hall–Kier alpha value is -1.44. The summed E-state index contributed by atoms with van der Waals surface area (Å²) < 4.78 is 12.8. The van der Waals surface area contributed by atoms with Gasteiger partial charge in [-0.2, -0.15) is 5.10 Å². The molecule has 1 fully saturated rings. The summed E-state index contributed by atoms with van der Waals surface area (Å²) in [6, 6.07) is 0. The molecule has 0 spiro atoms. The second-order valence-electron chi connectivity index (χ2n) is 7.46. The summed E-state index contributed by atoms with van der Waals surface area (Å²) in [7, 11) is 3.39. The average Bonchev–Trinajstić information content (AvgIpc) is 2.89. The molecule has 7 heteroatoms. The van der Waals surface area contributed by atoms with E-state index in [1.807, 2.05) is 13.8 Å². The normalized spacial score (nSPS) is 24.5. The van der Waals surface area contributed by atoms with Gasteiger partial charge in [0.05, 0.1) is 36.7 Å². The van der Waals surface area contributed by atoms with Crippen LogP contribution in [0.3, 0.4) is 0 Å². The molecule has 2 aliphatic rings. The largest absolute Gasteiger partial charge is 0.388 e. The lowest BCUT2D eigenvalue weighted by molar-refractivity contribution is -0.0501. The standard InChI is InChI=1S/C18H29N3O4/c1-12-10-14-15(13(2)25-12)19-21(8-9-24-4)16(14)17(22)20(3)11-18(23)6-5-7-18/h12-13,23H,5-11H2,1-4H3/t12-,13+/m0/s1. The summed E-state index contributed by atoms with van der Waals surface area (Å²) in [6.07, 6.45) is 3.13. The minimum absolute atomic E-state index is 0.0512. The summed E-state index contributed by atoms with van der Waals surface area (Å²) in [6.45, 7) is 5.35. The van der Waals surface area contributed by atoms with Gasteiger partial charge < -0.3 is 19.5 Å². The maximum Gasteiger partial charge on any atom is 0.272 e. The van der Waals surface area contributed by atoms with Gasteiger partial charge in [0, 0.05) is 32.7 Å². The molecule has 2 heterocycles. The number of hydrogen-bond donors (Lipinski definition) is 1. The molecule has 7 nitrogen and oxygen atoms in total. The fraction of sp³-hybridized carbons (Fsp3) is 0.778. The van der Waals surface area contributed by atoms with Crippen LogP contribution >= 0.6 is 0 Å². The number of aromatic nitrogens is 2. The summed E-state index contributed by atoms with van der Waals surface area (Å²) in [5.74, 6) is -0.0912. The Labute approximate surface area is 148 Å². The van der Waals surface area contributed by atoms with Gasteiger partial charge in [0.25, 0.3) is 5.91 Å². The highest BCUT2D eigenvalue weighted by Gasteiger charge is 2.38. The fourth-order valence-corrected chi connectivity index (χ4v) is 3.81. The minimum Gasteiger partial charge on any atom is -0.388 e. The van der Waals surface area contributed by atoms with Crippen LogP contribution in [0.2, 0.25) is 0 Å². The Morgan fingerprint density at radius 3 is 2.80 bits per heavy atom. The van der Waals surface area contributed by atoms with E-state index < -0.39 is 5.60 Å². The van der Waals surface area contributed by atoms with Crippen molar-refractivity contribution in [2.75, 3.05) is 27.3 Å². The Morgan fingerprint density at radius 1 is 1.48 bits per heavy atom. The zero-order chi connectivity index (χ0) is 18.2. The molecule has 2 atom stereocenters. The van der Waals surface area contributed by atoms with Crippen LogP contribution in [-0.4, -0.2) is 64.7 Å². The molecule has 1 saturated carbocycles. The highest BCUT2D eigenvalue weighted by molar-refractivity contribution is 5.94. The summed E-state index contributed by atoms with van der Waals surface area (Å²) in [5, 5.41) is 15.0. The van der Waals surface area contributed by atoms with E-state index >= 15 is 0 Å². The molecule has 1 aliphatic heterocycles. The highest BCUT2D eigenvalue weighted by Crippen LogP contribution is 2.34. The molecule has 1 aromatic heterocycles.